The van der Waals surface area contributed by atoms with E-state index in [4.69, 9.17) is 5.73 Å². The van der Waals surface area contributed by atoms with Crippen LogP contribution in [0, 0.1) is 0 Å². The zero-order valence-electron chi connectivity index (χ0n) is 15.2. The van der Waals surface area contributed by atoms with Crippen LogP contribution in [0.4, 0.5) is 5.69 Å². The molecule has 0 spiro atoms. The first-order valence-corrected chi connectivity index (χ1v) is 8.58. The number of amides is 3. The highest BCUT2D eigenvalue weighted by atomic mass is 16.2. The van der Waals surface area contributed by atoms with Crippen molar-refractivity contribution < 1.29 is 14.4 Å². The summed E-state index contributed by atoms with van der Waals surface area (Å²) in [6.07, 6.45) is 0. The van der Waals surface area contributed by atoms with Crippen LogP contribution in [0.1, 0.15) is 20.8 Å². The number of primary amides is 1. The van der Waals surface area contributed by atoms with Crippen LogP contribution in [0.5, 0.6) is 0 Å². The number of nitrogens with one attached hydrogen (secondary N) is 2. The van der Waals surface area contributed by atoms with Crippen molar-refractivity contribution in [2.45, 2.75) is 0 Å². The fraction of sp³-hybridized carbons (Fsp3) is 0.0500. The quantitative estimate of drug-likeness (QED) is 0.568. The van der Waals surface area contributed by atoms with Gasteiger partial charge in [-0.2, -0.15) is 9.78 Å². The van der Waals surface area contributed by atoms with Gasteiger partial charge in [0.05, 0.1) is 12.2 Å². The molecule has 29 heavy (non-hydrogen) atoms. The maximum Gasteiger partial charge on any atom is 0.276 e. The maximum absolute atomic E-state index is 12.6. The monoisotopic (exact) mass is 391 g/mol. The average molecular weight is 391 g/mol. The van der Waals surface area contributed by atoms with E-state index in [0.29, 0.717) is 11.4 Å². The molecule has 9 nitrogen and oxygen atoms in total. The Morgan fingerprint density at radius 3 is 2.41 bits per heavy atom. The molecule has 1 aromatic heterocycles. The summed E-state index contributed by atoms with van der Waals surface area (Å²) >= 11 is 0. The Balaban J connectivity index is 1.79. The second-order valence-electron chi connectivity index (χ2n) is 5.99. The van der Waals surface area contributed by atoms with Gasteiger partial charge in [0.25, 0.3) is 17.4 Å². The Bertz CT molecular complexity index is 1120. The summed E-state index contributed by atoms with van der Waals surface area (Å²) in [5, 5.41) is 9.10. The van der Waals surface area contributed by atoms with Crippen LogP contribution in [0.2, 0.25) is 0 Å². The fourth-order valence-corrected chi connectivity index (χ4v) is 2.49. The zero-order chi connectivity index (χ0) is 20.8. The van der Waals surface area contributed by atoms with E-state index in [9.17, 15) is 19.2 Å². The lowest BCUT2D eigenvalue weighted by atomic mass is 10.2. The van der Waals surface area contributed by atoms with Gasteiger partial charge in [0.15, 0.2) is 0 Å². The second-order valence-corrected chi connectivity index (χ2v) is 5.99. The number of benzene rings is 2. The molecule has 0 bridgehead atoms. The first kappa shape index (κ1) is 19.5. The van der Waals surface area contributed by atoms with Gasteiger partial charge in [-0.25, -0.2) is 0 Å². The molecule has 0 aliphatic carbocycles. The van der Waals surface area contributed by atoms with E-state index in [1.807, 2.05) is 0 Å². The van der Waals surface area contributed by atoms with Crippen LogP contribution in [0.25, 0.3) is 5.69 Å². The van der Waals surface area contributed by atoms with Crippen LogP contribution in [0.3, 0.4) is 0 Å². The second kappa shape index (κ2) is 8.61. The third-order valence-electron chi connectivity index (χ3n) is 3.84. The smallest absolute Gasteiger partial charge is 0.276 e. The number of hydrogen-bond donors (Lipinski definition) is 3. The Hall–Kier alpha value is -4.27. The Labute approximate surface area is 165 Å². The van der Waals surface area contributed by atoms with E-state index >= 15 is 0 Å². The van der Waals surface area contributed by atoms with E-state index in [1.54, 1.807) is 42.5 Å². The van der Waals surface area contributed by atoms with Gasteiger partial charge in [0.1, 0.15) is 5.69 Å². The van der Waals surface area contributed by atoms with Crippen molar-refractivity contribution >= 4 is 23.4 Å². The van der Waals surface area contributed by atoms with Crippen molar-refractivity contribution in [3.05, 3.63) is 88.3 Å². The van der Waals surface area contributed by atoms with Gasteiger partial charge in [-0.1, -0.05) is 24.3 Å². The lowest BCUT2D eigenvalue weighted by Gasteiger charge is -2.09. The number of carbonyl (C=O) groups excluding carboxylic acids is 3. The summed E-state index contributed by atoms with van der Waals surface area (Å²) in [5.74, 6) is -1.72. The van der Waals surface area contributed by atoms with Gasteiger partial charge < -0.3 is 16.4 Å². The molecule has 4 N–H and O–H groups in total. The number of para-hydroxylation sites is 1. The number of carbonyl (C=O) groups is 3. The molecule has 0 radical (unpaired) electrons. The SMILES string of the molecule is NC(=O)CNC(=O)c1cccc(NC(=O)c2ccc(=O)n(-c3ccccc3)n2)c1. The number of nitrogens with zero attached hydrogens (tertiary/aromatic N) is 2. The summed E-state index contributed by atoms with van der Waals surface area (Å²) in [6, 6.07) is 17.4. The number of nitrogens with two attached hydrogens (primary N) is 1. The van der Waals surface area contributed by atoms with E-state index in [-0.39, 0.29) is 23.4 Å². The summed E-state index contributed by atoms with van der Waals surface area (Å²) in [6.45, 7) is -0.291. The van der Waals surface area contributed by atoms with Gasteiger partial charge in [-0.15, -0.1) is 0 Å². The maximum atomic E-state index is 12.6. The molecule has 3 amide bonds. The van der Waals surface area contributed by atoms with E-state index < -0.39 is 17.7 Å². The molecule has 0 saturated carbocycles. The highest BCUT2D eigenvalue weighted by Crippen LogP contribution is 2.12. The lowest BCUT2D eigenvalue weighted by molar-refractivity contribution is -0.117. The van der Waals surface area contributed by atoms with Crippen molar-refractivity contribution in [2.75, 3.05) is 11.9 Å². The molecule has 2 aromatic carbocycles. The van der Waals surface area contributed by atoms with E-state index in [0.717, 1.165) is 4.68 Å². The van der Waals surface area contributed by atoms with Crippen molar-refractivity contribution in [1.29, 1.82) is 0 Å². The normalized spacial score (nSPS) is 10.2. The largest absolute Gasteiger partial charge is 0.368 e. The van der Waals surface area contributed by atoms with Crippen molar-refractivity contribution in [3.63, 3.8) is 0 Å². The number of rotatable bonds is 6. The minimum atomic E-state index is -0.664. The predicted octanol–water partition coefficient (Wildman–Crippen LogP) is 0.700. The summed E-state index contributed by atoms with van der Waals surface area (Å²) in [7, 11) is 0. The molecule has 3 rings (SSSR count). The van der Waals surface area contributed by atoms with Crippen LogP contribution >= 0.6 is 0 Å². The first-order chi connectivity index (χ1) is 13.9. The van der Waals surface area contributed by atoms with Crippen LogP contribution in [-0.2, 0) is 4.79 Å². The first-order valence-electron chi connectivity index (χ1n) is 8.58. The van der Waals surface area contributed by atoms with Crippen molar-refractivity contribution in [2.24, 2.45) is 5.73 Å². The number of anilines is 1. The number of aromatic nitrogens is 2. The number of hydrogen-bond acceptors (Lipinski definition) is 5. The standard InChI is InChI=1S/C20H17N5O4/c21-17(26)12-22-19(28)13-5-4-6-14(11-13)23-20(29)16-9-10-18(27)25(24-16)15-7-2-1-3-8-15/h1-11H,12H2,(H2,21,26)(H,22,28)(H,23,29). The molecule has 3 aromatic rings. The molecule has 0 aliphatic rings. The van der Waals surface area contributed by atoms with Gasteiger partial charge in [0.2, 0.25) is 5.91 Å². The van der Waals surface area contributed by atoms with Gasteiger partial charge in [-0.3, -0.25) is 19.2 Å². The van der Waals surface area contributed by atoms with Gasteiger partial charge in [-0.05, 0) is 36.4 Å². The Morgan fingerprint density at radius 2 is 1.69 bits per heavy atom. The topological polar surface area (TPSA) is 136 Å². The van der Waals surface area contributed by atoms with Crippen LogP contribution in [-0.4, -0.2) is 34.0 Å². The Morgan fingerprint density at radius 1 is 0.931 bits per heavy atom. The molecule has 0 fully saturated rings. The Kier molecular flexibility index (Phi) is 5.79. The molecule has 0 atom stereocenters. The molecule has 9 heteroatoms. The third-order valence-corrected chi connectivity index (χ3v) is 3.84. The fourth-order valence-electron chi connectivity index (χ4n) is 2.49. The minimum Gasteiger partial charge on any atom is -0.368 e. The van der Waals surface area contributed by atoms with Crippen molar-refractivity contribution in [3.8, 4) is 5.69 Å². The molecule has 146 valence electrons. The average Bonchev–Trinajstić information content (AvgIpc) is 2.73. The molecular weight excluding hydrogens is 374 g/mol. The lowest BCUT2D eigenvalue weighted by Crippen LogP contribution is -2.33. The summed E-state index contributed by atoms with van der Waals surface area (Å²) in [5.41, 5.74) is 5.77. The molecule has 0 unspecified atom stereocenters. The van der Waals surface area contributed by atoms with E-state index in [2.05, 4.69) is 15.7 Å². The van der Waals surface area contributed by atoms with E-state index in [1.165, 1.54) is 24.3 Å². The van der Waals surface area contributed by atoms with Crippen LogP contribution < -0.4 is 21.9 Å². The summed E-state index contributed by atoms with van der Waals surface area (Å²) < 4.78 is 1.13. The zero-order valence-corrected chi connectivity index (χ0v) is 15.2. The summed E-state index contributed by atoms with van der Waals surface area (Å²) in [4.78, 5) is 47.4. The highest BCUT2D eigenvalue weighted by molar-refractivity contribution is 6.04. The third kappa shape index (κ3) is 4.92. The van der Waals surface area contributed by atoms with Crippen molar-refractivity contribution in [1.82, 2.24) is 15.1 Å². The molecule has 0 aliphatic heterocycles. The van der Waals surface area contributed by atoms with Crippen LogP contribution in [0.15, 0.2) is 71.5 Å². The van der Waals surface area contributed by atoms with Gasteiger partial charge >= 0.3 is 0 Å². The predicted molar refractivity (Wildman–Crippen MR) is 106 cm³/mol. The highest BCUT2D eigenvalue weighted by Gasteiger charge is 2.13. The molecule has 0 saturated heterocycles. The van der Waals surface area contributed by atoms with Gasteiger partial charge in [0, 0.05) is 17.3 Å². The minimum absolute atomic E-state index is 0.0250. The molecular formula is C20H17N5O4. The molecule has 1 heterocycles.